The summed E-state index contributed by atoms with van der Waals surface area (Å²) in [5.41, 5.74) is 0.0527. The van der Waals surface area contributed by atoms with E-state index in [-0.39, 0.29) is 5.60 Å². The summed E-state index contributed by atoms with van der Waals surface area (Å²) in [6.45, 7) is 2.34. The minimum absolute atomic E-state index is 0.0527. The van der Waals surface area contributed by atoms with Crippen molar-refractivity contribution in [3.8, 4) is 0 Å². The Labute approximate surface area is 80.6 Å². The first kappa shape index (κ1) is 9.47. The van der Waals surface area contributed by atoms with Crippen LogP contribution in [-0.2, 0) is 9.47 Å². The molecule has 0 aliphatic heterocycles. The van der Waals surface area contributed by atoms with Gasteiger partial charge in [0.15, 0.2) is 0 Å². The molecule has 2 saturated carbocycles. The number of hydrogen-bond donors (Lipinski definition) is 0. The van der Waals surface area contributed by atoms with Crippen molar-refractivity contribution in [2.75, 3.05) is 14.2 Å². The minimum Gasteiger partial charge on any atom is -0.378 e. The highest BCUT2D eigenvalue weighted by Gasteiger charge is 2.54. The molecule has 76 valence electrons. The fourth-order valence-corrected chi connectivity index (χ4v) is 3.51. The van der Waals surface area contributed by atoms with Crippen molar-refractivity contribution in [2.24, 2.45) is 11.8 Å². The van der Waals surface area contributed by atoms with Crippen LogP contribution in [0.5, 0.6) is 0 Å². The van der Waals surface area contributed by atoms with Crippen LogP contribution >= 0.6 is 0 Å². The second kappa shape index (κ2) is 3.25. The lowest BCUT2D eigenvalue weighted by Crippen LogP contribution is -2.45. The molecule has 2 rings (SSSR count). The smallest absolute Gasteiger partial charge is 0.0944 e. The predicted molar refractivity (Wildman–Crippen MR) is 51.7 cm³/mol. The SMILES string of the molecule is CO[C@H]1[C@H]2CCC[C@]1(OC)C[C@H]2C. The van der Waals surface area contributed by atoms with Crippen LogP contribution in [0.1, 0.15) is 32.6 Å². The first-order chi connectivity index (χ1) is 6.23. The van der Waals surface area contributed by atoms with E-state index in [1.165, 1.54) is 25.7 Å². The number of methoxy groups -OCH3 is 2. The average Bonchev–Trinajstić information content (AvgIpc) is 2.30. The van der Waals surface area contributed by atoms with Gasteiger partial charge in [-0.25, -0.2) is 0 Å². The van der Waals surface area contributed by atoms with E-state index in [4.69, 9.17) is 9.47 Å². The molecule has 0 N–H and O–H groups in total. The second-order valence-corrected chi connectivity index (χ2v) is 4.66. The molecule has 0 amide bonds. The highest BCUT2D eigenvalue weighted by atomic mass is 16.5. The normalized spacial score (nSPS) is 49.6. The van der Waals surface area contributed by atoms with E-state index < -0.39 is 0 Å². The summed E-state index contributed by atoms with van der Waals surface area (Å²) < 4.78 is 11.3. The summed E-state index contributed by atoms with van der Waals surface area (Å²) in [5, 5.41) is 0. The van der Waals surface area contributed by atoms with E-state index >= 15 is 0 Å². The first-order valence-electron chi connectivity index (χ1n) is 5.31. The average molecular weight is 184 g/mol. The molecule has 2 aliphatic carbocycles. The maximum absolute atomic E-state index is 5.72. The lowest BCUT2D eigenvalue weighted by molar-refractivity contribution is -0.130. The molecule has 2 bridgehead atoms. The second-order valence-electron chi connectivity index (χ2n) is 4.66. The standard InChI is InChI=1S/C11H20O2/c1-8-7-11(13-3)6-4-5-9(8)10(11)12-2/h8-10H,4-7H2,1-3H3/t8-,9+,10+,11+/m1/s1. The molecule has 2 fully saturated rings. The summed E-state index contributed by atoms with van der Waals surface area (Å²) in [4.78, 5) is 0. The molecular formula is C11H20O2. The maximum atomic E-state index is 5.72. The van der Waals surface area contributed by atoms with E-state index in [0.717, 1.165) is 11.8 Å². The molecule has 2 heteroatoms. The Bertz CT molecular complexity index is 193. The number of hydrogen-bond acceptors (Lipinski definition) is 2. The molecule has 0 spiro atoms. The molecule has 2 nitrogen and oxygen atoms in total. The largest absolute Gasteiger partial charge is 0.378 e. The Kier molecular flexibility index (Phi) is 2.37. The van der Waals surface area contributed by atoms with Crippen molar-refractivity contribution in [1.82, 2.24) is 0 Å². The van der Waals surface area contributed by atoms with E-state index in [2.05, 4.69) is 6.92 Å². The maximum Gasteiger partial charge on any atom is 0.0944 e. The molecular weight excluding hydrogens is 164 g/mol. The van der Waals surface area contributed by atoms with E-state index in [0.29, 0.717) is 6.10 Å². The molecule has 0 unspecified atom stereocenters. The summed E-state index contributed by atoms with van der Waals surface area (Å²) >= 11 is 0. The zero-order valence-electron chi connectivity index (χ0n) is 8.88. The topological polar surface area (TPSA) is 18.5 Å². The quantitative estimate of drug-likeness (QED) is 0.655. The summed E-state index contributed by atoms with van der Waals surface area (Å²) in [5.74, 6) is 1.51. The van der Waals surface area contributed by atoms with Crippen LogP contribution < -0.4 is 0 Å². The third kappa shape index (κ3) is 1.23. The number of fused-ring (bicyclic) bond motifs is 2. The van der Waals surface area contributed by atoms with Crippen LogP contribution in [0.25, 0.3) is 0 Å². The minimum atomic E-state index is 0.0527. The van der Waals surface area contributed by atoms with Gasteiger partial charge in [-0.15, -0.1) is 0 Å². The van der Waals surface area contributed by atoms with Gasteiger partial charge in [0.05, 0.1) is 11.7 Å². The molecule has 0 aromatic carbocycles. The van der Waals surface area contributed by atoms with E-state index in [9.17, 15) is 0 Å². The van der Waals surface area contributed by atoms with Gasteiger partial charge in [-0.3, -0.25) is 0 Å². The van der Waals surface area contributed by atoms with Gasteiger partial charge in [-0.05, 0) is 31.1 Å². The van der Waals surface area contributed by atoms with Gasteiger partial charge in [0.1, 0.15) is 0 Å². The third-order valence-corrected chi connectivity index (χ3v) is 4.10. The molecule has 2 aliphatic rings. The van der Waals surface area contributed by atoms with Gasteiger partial charge in [0.2, 0.25) is 0 Å². The zero-order valence-corrected chi connectivity index (χ0v) is 8.88. The lowest BCUT2D eigenvalue weighted by atomic mass is 9.82. The van der Waals surface area contributed by atoms with Crippen molar-refractivity contribution >= 4 is 0 Å². The van der Waals surface area contributed by atoms with Crippen molar-refractivity contribution in [3.05, 3.63) is 0 Å². The van der Waals surface area contributed by atoms with Crippen LogP contribution in [0.2, 0.25) is 0 Å². The third-order valence-electron chi connectivity index (χ3n) is 4.10. The molecule has 0 aromatic heterocycles. The lowest BCUT2D eigenvalue weighted by Gasteiger charge is -2.39. The van der Waals surface area contributed by atoms with Gasteiger partial charge < -0.3 is 9.47 Å². The van der Waals surface area contributed by atoms with Gasteiger partial charge in [-0.2, -0.15) is 0 Å². The molecule has 0 aromatic rings. The summed E-state index contributed by atoms with van der Waals surface area (Å²) in [6, 6.07) is 0. The van der Waals surface area contributed by atoms with Gasteiger partial charge in [0.25, 0.3) is 0 Å². The highest BCUT2D eigenvalue weighted by molar-refractivity contribution is 5.05. The van der Waals surface area contributed by atoms with Crippen molar-refractivity contribution in [1.29, 1.82) is 0 Å². The van der Waals surface area contributed by atoms with Gasteiger partial charge in [-0.1, -0.05) is 13.3 Å². The molecule has 0 heterocycles. The first-order valence-corrected chi connectivity index (χ1v) is 5.31. The van der Waals surface area contributed by atoms with Crippen LogP contribution in [0, 0.1) is 11.8 Å². The van der Waals surface area contributed by atoms with E-state index in [1.54, 1.807) is 0 Å². The molecule has 0 radical (unpaired) electrons. The van der Waals surface area contributed by atoms with Crippen molar-refractivity contribution in [2.45, 2.75) is 44.3 Å². The van der Waals surface area contributed by atoms with Crippen LogP contribution in [-0.4, -0.2) is 25.9 Å². The van der Waals surface area contributed by atoms with Crippen molar-refractivity contribution < 1.29 is 9.47 Å². The molecule has 13 heavy (non-hydrogen) atoms. The van der Waals surface area contributed by atoms with Crippen LogP contribution in [0.15, 0.2) is 0 Å². The summed E-state index contributed by atoms with van der Waals surface area (Å²) in [6.07, 6.45) is 5.35. The Hall–Kier alpha value is -0.0800. The van der Waals surface area contributed by atoms with Crippen LogP contribution in [0.3, 0.4) is 0 Å². The predicted octanol–water partition coefficient (Wildman–Crippen LogP) is 2.23. The highest BCUT2D eigenvalue weighted by Crippen LogP contribution is 2.51. The van der Waals surface area contributed by atoms with Crippen molar-refractivity contribution in [3.63, 3.8) is 0 Å². The zero-order chi connectivity index (χ0) is 9.47. The Balaban J connectivity index is 2.24. The fourth-order valence-electron chi connectivity index (χ4n) is 3.51. The monoisotopic (exact) mass is 184 g/mol. The van der Waals surface area contributed by atoms with Crippen LogP contribution in [0.4, 0.5) is 0 Å². The van der Waals surface area contributed by atoms with Gasteiger partial charge in [0, 0.05) is 14.2 Å². The van der Waals surface area contributed by atoms with Gasteiger partial charge >= 0.3 is 0 Å². The molecule has 0 saturated heterocycles. The number of rotatable bonds is 2. The van der Waals surface area contributed by atoms with E-state index in [1.807, 2.05) is 14.2 Å². The Morgan fingerprint density at radius 2 is 2.08 bits per heavy atom. The summed E-state index contributed by atoms with van der Waals surface area (Å²) in [7, 11) is 3.67. The number of ether oxygens (including phenoxy) is 2. The fraction of sp³-hybridized carbons (Fsp3) is 1.00. The Morgan fingerprint density at radius 1 is 1.31 bits per heavy atom. The Morgan fingerprint density at radius 3 is 2.62 bits per heavy atom. The molecule has 4 atom stereocenters.